The van der Waals surface area contributed by atoms with Crippen molar-refractivity contribution in [2.24, 2.45) is 0 Å². The van der Waals surface area contributed by atoms with Gasteiger partial charge in [0.15, 0.2) is 0 Å². The van der Waals surface area contributed by atoms with Gasteiger partial charge in [-0.1, -0.05) is 30.3 Å². The third kappa shape index (κ3) is 6.27. The molecule has 2 heterocycles. The molecule has 0 bridgehead atoms. The minimum absolute atomic E-state index is 0.0898. The highest BCUT2D eigenvalue weighted by molar-refractivity contribution is 5.73. The van der Waals surface area contributed by atoms with Gasteiger partial charge in [0.05, 0.1) is 6.61 Å². The van der Waals surface area contributed by atoms with Gasteiger partial charge in [-0.15, -0.1) is 0 Å². The molecule has 6 heteroatoms. The molecule has 1 unspecified atom stereocenters. The smallest absolute Gasteiger partial charge is 0.217 e. The summed E-state index contributed by atoms with van der Waals surface area (Å²) in [4.78, 5) is 19.0. The second-order valence-electron chi connectivity index (χ2n) is 8.07. The maximum atomic E-state index is 11.3. The molecule has 28 heavy (non-hydrogen) atoms. The largest absolute Gasteiger partial charge is 0.383 e. The standard InChI is InChI=1S/C22H36N4O2/c1-19(27)23-21-8-10-25(11-9-21)18-22(20-6-4-3-5-7-20)26-14-12-24(13-15-26)16-17-28-2/h3-7,21-22H,8-18H2,1-2H3,(H,23,27). The fraction of sp³-hybridized carbons (Fsp3) is 0.682. The number of hydrogen-bond acceptors (Lipinski definition) is 5. The van der Waals surface area contributed by atoms with Gasteiger partial charge in [0.2, 0.25) is 5.91 Å². The van der Waals surface area contributed by atoms with E-state index in [0.717, 1.165) is 71.8 Å². The van der Waals surface area contributed by atoms with Crippen molar-refractivity contribution in [3.8, 4) is 0 Å². The Hall–Kier alpha value is -1.47. The van der Waals surface area contributed by atoms with E-state index in [4.69, 9.17) is 4.74 Å². The molecule has 0 aromatic heterocycles. The van der Waals surface area contributed by atoms with Crippen LogP contribution in [0, 0.1) is 0 Å². The van der Waals surface area contributed by atoms with Gasteiger partial charge in [0, 0.05) is 78.5 Å². The molecular formula is C22H36N4O2. The Morgan fingerprint density at radius 2 is 1.75 bits per heavy atom. The van der Waals surface area contributed by atoms with Crippen LogP contribution >= 0.6 is 0 Å². The van der Waals surface area contributed by atoms with Crippen molar-refractivity contribution in [1.82, 2.24) is 20.0 Å². The summed E-state index contributed by atoms with van der Waals surface area (Å²) in [5.74, 6) is 0.0898. The average Bonchev–Trinajstić information content (AvgIpc) is 2.72. The van der Waals surface area contributed by atoms with Crippen molar-refractivity contribution in [2.75, 3.05) is 66.1 Å². The number of piperidine rings is 1. The van der Waals surface area contributed by atoms with Crippen molar-refractivity contribution in [2.45, 2.75) is 31.8 Å². The van der Waals surface area contributed by atoms with Crippen LogP contribution in [0.25, 0.3) is 0 Å². The lowest BCUT2D eigenvalue weighted by molar-refractivity contribution is -0.120. The van der Waals surface area contributed by atoms with Crippen LogP contribution in [0.5, 0.6) is 0 Å². The molecule has 3 rings (SSSR count). The van der Waals surface area contributed by atoms with Gasteiger partial charge in [-0.05, 0) is 18.4 Å². The lowest BCUT2D eigenvalue weighted by atomic mass is 10.0. The first-order chi connectivity index (χ1) is 13.7. The number of carbonyl (C=O) groups excluding carboxylic acids is 1. The van der Waals surface area contributed by atoms with Gasteiger partial charge in [-0.3, -0.25) is 14.6 Å². The third-order valence-corrected chi connectivity index (χ3v) is 6.07. The molecular weight excluding hydrogens is 352 g/mol. The zero-order chi connectivity index (χ0) is 19.8. The van der Waals surface area contributed by atoms with Crippen molar-refractivity contribution in [1.29, 1.82) is 0 Å². The zero-order valence-electron chi connectivity index (χ0n) is 17.5. The number of benzene rings is 1. The highest BCUT2D eigenvalue weighted by Gasteiger charge is 2.28. The monoisotopic (exact) mass is 388 g/mol. The van der Waals surface area contributed by atoms with E-state index in [1.54, 1.807) is 14.0 Å². The van der Waals surface area contributed by atoms with E-state index in [9.17, 15) is 4.79 Å². The predicted octanol–water partition coefficient (Wildman–Crippen LogP) is 1.59. The summed E-state index contributed by atoms with van der Waals surface area (Å²) in [5.41, 5.74) is 1.41. The van der Waals surface area contributed by atoms with Gasteiger partial charge in [-0.2, -0.15) is 0 Å². The lowest BCUT2D eigenvalue weighted by Gasteiger charge is -2.42. The van der Waals surface area contributed by atoms with Crippen molar-refractivity contribution >= 4 is 5.91 Å². The van der Waals surface area contributed by atoms with E-state index in [1.807, 2.05) is 0 Å². The first-order valence-electron chi connectivity index (χ1n) is 10.7. The topological polar surface area (TPSA) is 48.1 Å². The maximum Gasteiger partial charge on any atom is 0.217 e. The number of nitrogens with one attached hydrogen (secondary N) is 1. The second-order valence-corrected chi connectivity index (χ2v) is 8.07. The Balaban J connectivity index is 1.57. The first-order valence-corrected chi connectivity index (χ1v) is 10.7. The summed E-state index contributed by atoms with van der Waals surface area (Å²) in [6, 6.07) is 11.7. The molecule has 0 aliphatic carbocycles. The number of rotatable bonds is 8. The average molecular weight is 389 g/mol. The number of amides is 1. The molecule has 6 nitrogen and oxygen atoms in total. The number of ether oxygens (including phenoxy) is 1. The summed E-state index contributed by atoms with van der Waals surface area (Å²) in [7, 11) is 1.77. The van der Waals surface area contributed by atoms with Crippen molar-refractivity contribution in [3.05, 3.63) is 35.9 Å². The van der Waals surface area contributed by atoms with Crippen LogP contribution in [0.2, 0.25) is 0 Å². The van der Waals surface area contributed by atoms with Crippen LogP contribution in [-0.2, 0) is 9.53 Å². The molecule has 1 atom stereocenters. The second kappa shape index (κ2) is 10.9. The molecule has 0 spiro atoms. The van der Waals surface area contributed by atoms with E-state index in [-0.39, 0.29) is 5.91 Å². The molecule has 1 aromatic rings. The Labute approximate surface area is 169 Å². The first kappa shape index (κ1) is 21.2. The van der Waals surface area contributed by atoms with Gasteiger partial charge in [0.1, 0.15) is 0 Å². The summed E-state index contributed by atoms with van der Waals surface area (Å²) < 4.78 is 5.23. The molecule has 2 fully saturated rings. The Morgan fingerprint density at radius 3 is 2.36 bits per heavy atom. The Morgan fingerprint density at radius 1 is 1.07 bits per heavy atom. The van der Waals surface area contributed by atoms with Crippen LogP contribution in [0.4, 0.5) is 0 Å². The number of carbonyl (C=O) groups is 1. The van der Waals surface area contributed by atoms with Gasteiger partial charge >= 0.3 is 0 Å². The number of likely N-dealkylation sites (tertiary alicyclic amines) is 1. The maximum absolute atomic E-state index is 11.3. The quantitative estimate of drug-likeness (QED) is 0.733. The molecule has 0 saturated carbocycles. The summed E-state index contributed by atoms with van der Waals surface area (Å²) in [6.07, 6.45) is 2.10. The van der Waals surface area contributed by atoms with Gasteiger partial charge in [0.25, 0.3) is 0 Å². The number of hydrogen-bond donors (Lipinski definition) is 1. The Bertz CT molecular complexity index is 581. The molecule has 0 radical (unpaired) electrons. The molecule has 1 aromatic carbocycles. The number of piperazine rings is 1. The van der Waals surface area contributed by atoms with Crippen LogP contribution in [0.15, 0.2) is 30.3 Å². The predicted molar refractivity (Wildman–Crippen MR) is 112 cm³/mol. The molecule has 156 valence electrons. The van der Waals surface area contributed by atoms with Gasteiger partial charge < -0.3 is 15.0 Å². The lowest BCUT2D eigenvalue weighted by Crippen LogP contribution is -2.51. The normalized spacial score (nSPS) is 21.5. The van der Waals surface area contributed by atoms with E-state index < -0.39 is 0 Å². The summed E-state index contributed by atoms with van der Waals surface area (Å²) >= 11 is 0. The third-order valence-electron chi connectivity index (χ3n) is 6.07. The van der Waals surface area contributed by atoms with E-state index >= 15 is 0 Å². The molecule has 2 saturated heterocycles. The van der Waals surface area contributed by atoms with Gasteiger partial charge in [-0.25, -0.2) is 0 Å². The molecule has 1 N–H and O–H groups in total. The van der Waals surface area contributed by atoms with Crippen LogP contribution < -0.4 is 5.32 Å². The number of nitrogens with zero attached hydrogens (tertiary/aromatic N) is 3. The minimum Gasteiger partial charge on any atom is -0.383 e. The highest BCUT2D eigenvalue weighted by atomic mass is 16.5. The van der Waals surface area contributed by atoms with Crippen molar-refractivity contribution < 1.29 is 9.53 Å². The summed E-state index contributed by atoms with van der Waals surface area (Å²) in [5, 5.41) is 3.08. The Kier molecular flexibility index (Phi) is 8.27. The SMILES string of the molecule is COCCN1CCN(C(CN2CCC(NC(C)=O)CC2)c2ccccc2)CC1. The summed E-state index contributed by atoms with van der Waals surface area (Å²) in [6.45, 7) is 11.1. The fourth-order valence-corrected chi connectivity index (χ4v) is 4.42. The van der Waals surface area contributed by atoms with Crippen LogP contribution in [0.1, 0.15) is 31.4 Å². The molecule has 2 aliphatic rings. The van der Waals surface area contributed by atoms with Crippen molar-refractivity contribution in [3.63, 3.8) is 0 Å². The van der Waals surface area contributed by atoms with E-state index in [2.05, 4.69) is 50.3 Å². The van der Waals surface area contributed by atoms with E-state index in [1.165, 1.54) is 5.56 Å². The molecule has 1 amide bonds. The van der Waals surface area contributed by atoms with Crippen LogP contribution in [0.3, 0.4) is 0 Å². The fourth-order valence-electron chi connectivity index (χ4n) is 4.42. The van der Waals surface area contributed by atoms with Crippen LogP contribution in [-0.4, -0.2) is 92.7 Å². The minimum atomic E-state index is 0.0898. The zero-order valence-corrected chi connectivity index (χ0v) is 17.5. The molecule has 2 aliphatic heterocycles. The number of methoxy groups -OCH3 is 1. The highest BCUT2D eigenvalue weighted by Crippen LogP contribution is 2.25. The van der Waals surface area contributed by atoms with E-state index in [0.29, 0.717) is 12.1 Å².